The standard InChI is InChI=1S/C25H19F3N4O4/c1-15(2)36-22-17(8-6-12-21(22)32(34)35)14-29-31-23(16-7-5-9-18(13-16)25(26,27)28)30-20-11-4-3-10-19(20)24(31)33/h3-15H,1-2H3. The summed E-state index contributed by atoms with van der Waals surface area (Å²) >= 11 is 0. The summed E-state index contributed by atoms with van der Waals surface area (Å²) in [6, 6.07) is 15.0. The third-order valence-corrected chi connectivity index (χ3v) is 5.09. The number of aromatic nitrogens is 2. The SMILES string of the molecule is CC(C)Oc1c(C=Nn2c(-c3cccc(C(F)(F)F)c3)nc3ccccc3c2=O)cccc1[N+](=O)[O-]. The second-order valence-electron chi connectivity index (χ2n) is 8.01. The molecule has 0 radical (unpaired) electrons. The molecule has 4 rings (SSSR count). The van der Waals surface area contributed by atoms with Crippen molar-refractivity contribution in [1.29, 1.82) is 0 Å². The fourth-order valence-corrected chi connectivity index (χ4v) is 3.52. The molecule has 8 nitrogen and oxygen atoms in total. The molecule has 4 aromatic rings. The topological polar surface area (TPSA) is 99.6 Å². The van der Waals surface area contributed by atoms with Gasteiger partial charge in [-0.25, -0.2) is 4.98 Å². The Morgan fingerprint density at radius 1 is 1.08 bits per heavy atom. The molecule has 11 heteroatoms. The molecule has 184 valence electrons. The zero-order chi connectivity index (χ0) is 26.0. The van der Waals surface area contributed by atoms with Gasteiger partial charge in [-0.3, -0.25) is 14.9 Å². The lowest BCUT2D eigenvalue weighted by Gasteiger charge is -2.13. The van der Waals surface area contributed by atoms with Gasteiger partial charge in [-0.15, -0.1) is 0 Å². The van der Waals surface area contributed by atoms with E-state index in [1.807, 2.05) is 0 Å². The second kappa shape index (κ2) is 9.61. The van der Waals surface area contributed by atoms with Crippen LogP contribution in [0.15, 0.2) is 76.6 Å². The Morgan fingerprint density at radius 2 is 1.81 bits per heavy atom. The van der Waals surface area contributed by atoms with Gasteiger partial charge in [0.1, 0.15) is 0 Å². The summed E-state index contributed by atoms with van der Waals surface area (Å²) in [7, 11) is 0. The van der Waals surface area contributed by atoms with Crippen molar-refractivity contribution in [2.24, 2.45) is 5.10 Å². The Balaban J connectivity index is 1.94. The van der Waals surface area contributed by atoms with Crippen LogP contribution >= 0.6 is 0 Å². The number of para-hydroxylation sites is 2. The van der Waals surface area contributed by atoms with Crippen molar-refractivity contribution in [2.75, 3.05) is 0 Å². The van der Waals surface area contributed by atoms with E-state index in [9.17, 15) is 28.1 Å². The van der Waals surface area contributed by atoms with Crippen molar-refractivity contribution < 1.29 is 22.8 Å². The van der Waals surface area contributed by atoms with Gasteiger partial charge in [0.05, 0.1) is 33.7 Å². The van der Waals surface area contributed by atoms with Crippen LogP contribution in [-0.2, 0) is 6.18 Å². The number of halogens is 3. The molecular weight excluding hydrogens is 477 g/mol. The largest absolute Gasteiger partial charge is 0.484 e. The Morgan fingerprint density at radius 3 is 2.50 bits per heavy atom. The van der Waals surface area contributed by atoms with Gasteiger partial charge in [0, 0.05) is 17.2 Å². The minimum Gasteiger partial charge on any atom is -0.484 e. The molecule has 0 fully saturated rings. The Bertz CT molecular complexity index is 1540. The van der Waals surface area contributed by atoms with Crippen molar-refractivity contribution in [3.63, 3.8) is 0 Å². The highest BCUT2D eigenvalue weighted by Crippen LogP contribution is 2.33. The van der Waals surface area contributed by atoms with Crippen LogP contribution in [0.4, 0.5) is 18.9 Å². The van der Waals surface area contributed by atoms with Gasteiger partial charge in [-0.05, 0) is 44.2 Å². The maximum Gasteiger partial charge on any atom is 0.416 e. The average Bonchev–Trinajstić information content (AvgIpc) is 2.83. The summed E-state index contributed by atoms with van der Waals surface area (Å²) in [5.41, 5.74) is -1.34. The van der Waals surface area contributed by atoms with Gasteiger partial charge in [0.2, 0.25) is 5.75 Å². The Kier molecular flexibility index (Phi) is 6.56. The zero-order valence-electron chi connectivity index (χ0n) is 19.1. The molecule has 0 spiro atoms. The lowest BCUT2D eigenvalue weighted by Crippen LogP contribution is -2.20. The number of fused-ring (bicyclic) bond motifs is 1. The first-order valence-corrected chi connectivity index (χ1v) is 10.7. The van der Waals surface area contributed by atoms with E-state index in [2.05, 4.69) is 10.1 Å². The monoisotopic (exact) mass is 496 g/mol. The molecular formula is C25H19F3N4O4. The predicted octanol–water partition coefficient (Wildman–Crippen LogP) is 5.66. The number of hydrogen-bond donors (Lipinski definition) is 0. The van der Waals surface area contributed by atoms with Crippen LogP contribution < -0.4 is 10.3 Å². The van der Waals surface area contributed by atoms with Gasteiger partial charge in [-0.1, -0.05) is 30.3 Å². The number of nitro benzene ring substituents is 1. The molecule has 0 amide bonds. The van der Waals surface area contributed by atoms with Crippen molar-refractivity contribution in [1.82, 2.24) is 9.66 Å². The van der Waals surface area contributed by atoms with E-state index < -0.39 is 28.3 Å². The van der Waals surface area contributed by atoms with Gasteiger partial charge in [0.15, 0.2) is 5.82 Å². The summed E-state index contributed by atoms with van der Waals surface area (Å²) in [6.45, 7) is 3.39. The van der Waals surface area contributed by atoms with Crippen molar-refractivity contribution in [2.45, 2.75) is 26.1 Å². The smallest absolute Gasteiger partial charge is 0.416 e. The maximum absolute atomic E-state index is 13.3. The third-order valence-electron chi connectivity index (χ3n) is 5.09. The fourth-order valence-electron chi connectivity index (χ4n) is 3.52. The predicted molar refractivity (Wildman–Crippen MR) is 128 cm³/mol. The van der Waals surface area contributed by atoms with Crippen LogP contribution in [0.1, 0.15) is 25.0 Å². The van der Waals surface area contributed by atoms with E-state index in [1.54, 1.807) is 32.0 Å². The highest BCUT2D eigenvalue weighted by Gasteiger charge is 2.31. The number of hydrogen-bond acceptors (Lipinski definition) is 6. The number of alkyl halides is 3. The van der Waals surface area contributed by atoms with E-state index in [0.717, 1.165) is 16.8 Å². The number of nitrogens with zero attached hydrogens (tertiary/aromatic N) is 4. The minimum atomic E-state index is -4.60. The summed E-state index contributed by atoms with van der Waals surface area (Å²) in [4.78, 5) is 28.6. The van der Waals surface area contributed by atoms with E-state index in [-0.39, 0.29) is 39.3 Å². The van der Waals surface area contributed by atoms with Crippen LogP contribution in [0, 0.1) is 10.1 Å². The van der Waals surface area contributed by atoms with Crippen LogP contribution in [0.25, 0.3) is 22.3 Å². The van der Waals surface area contributed by atoms with Crippen molar-refractivity contribution in [3.05, 3.63) is 98.3 Å². The molecule has 0 saturated carbocycles. The normalized spacial score (nSPS) is 11.9. The molecule has 1 heterocycles. The molecule has 0 unspecified atom stereocenters. The maximum atomic E-state index is 13.3. The van der Waals surface area contributed by atoms with Crippen molar-refractivity contribution >= 4 is 22.8 Å². The Hall–Kier alpha value is -4.54. The minimum absolute atomic E-state index is 0.0162. The van der Waals surface area contributed by atoms with Crippen molar-refractivity contribution in [3.8, 4) is 17.1 Å². The highest BCUT2D eigenvalue weighted by molar-refractivity contribution is 5.86. The van der Waals surface area contributed by atoms with Crippen LogP contribution in [0.5, 0.6) is 5.75 Å². The van der Waals surface area contributed by atoms with Gasteiger partial charge < -0.3 is 4.74 Å². The average molecular weight is 496 g/mol. The number of rotatable bonds is 6. The zero-order valence-corrected chi connectivity index (χ0v) is 19.1. The first-order chi connectivity index (χ1) is 17.1. The van der Waals surface area contributed by atoms with Gasteiger partial charge in [0.25, 0.3) is 5.56 Å². The summed E-state index contributed by atoms with van der Waals surface area (Å²) < 4.78 is 46.6. The molecule has 1 aromatic heterocycles. The molecule has 0 aliphatic carbocycles. The quantitative estimate of drug-likeness (QED) is 0.195. The molecule has 36 heavy (non-hydrogen) atoms. The van der Waals surface area contributed by atoms with Crippen LogP contribution in [0.3, 0.4) is 0 Å². The van der Waals surface area contributed by atoms with E-state index in [0.29, 0.717) is 0 Å². The van der Waals surface area contributed by atoms with Crippen LogP contribution in [0.2, 0.25) is 0 Å². The summed E-state index contributed by atoms with van der Waals surface area (Å²) in [6.07, 6.45) is -3.82. The lowest BCUT2D eigenvalue weighted by atomic mass is 10.1. The fraction of sp³-hybridized carbons (Fsp3) is 0.160. The van der Waals surface area contributed by atoms with Gasteiger partial charge in [-0.2, -0.15) is 22.9 Å². The first kappa shape index (κ1) is 24.6. The molecule has 0 N–H and O–H groups in total. The molecule has 0 atom stereocenters. The number of nitro groups is 1. The molecule has 0 bridgehead atoms. The highest BCUT2D eigenvalue weighted by atomic mass is 19.4. The van der Waals surface area contributed by atoms with Crippen LogP contribution in [-0.4, -0.2) is 26.9 Å². The third kappa shape index (κ3) is 4.95. The summed E-state index contributed by atoms with van der Waals surface area (Å²) in [5.74, 6) is -0.179. The second-order valence-corrected chi connectivity index (χ2v) is 8.01. The lowest BCUT2D eigenvalue weighted by molar-refractivity contribution is -0.386. The van der Waals surface area contributed by atoms with E-state index >= 15 is 0 Å². The molecule has 0 saturated heterocycles. The number of benzene rings is 3. The number of ether oxygens (including phenoxy) is 1. The summed E-state index contributed by atoms with van der Waals surface area (Å²) in [5, 5.41) is 15.9. The first-order valence-electron chi connectivity index (χ1n) is 10.7. The van der Waals surface area contributed by atoms with Gasteiger partial charge >= 0.3 is 11.9 Å². The van der Waals surface area contributed by atoms with E-state index in [1.165, 1.54) is 42.6 Å². The van der Waals surface area contributed by atoms with E-state index in [4.69, 9.17) is 4.74 Å². The molecule has 0 aliphatic rings. The molecule has 3 aromatic carbocycles. The molecule has 0 aliphatic heterocycles. The Labute approximate surface area is 202 Å².